The minimum absolute atomic E-state index is 0. The number of Topliss-reactive ketones (excluding diaryl/α,β-unsaturated/α-hetero) is 1. The quantitative estimate of drug-likeness (QED) is 0.0161. The van der Waals surface area contributed by atoms with Gasteiger partial charge in [-0.15, -0.1) is 34.2 Å². The van der Waals surface area contributed by atoms with Crippen LogP contribution in [-0.2, 0) is 23.2 Å². The molecule has 2 heterocycles. The SMILES string of the molecule is C.C.C1CCOC1.CO.I.O=C(O)C(F)(F)C(F)(F)C(F)(F)F.O=C(c1ccccc1)C(F)(F)C(F)(F)C(F)(F)F.O=P(Cl)(Cl)c1ccccc1.O=P(O)(OC(c1ccccc1)C(F)(F)C(F)(F)C(F)(F)F)c1ccccc1.OC(c1ccccc1)C(F)(F)C(F)(F)C(F)(F)F.[B].[Br-].[H-].[Mg+2].[Na+].[c-]1ccccc1.c1nn[nH]n1. The van der Waals surface area contributed by atoms with Gasteiger partial charge in [0, 0.05) is 39.6 Å². The third-order valence-corrected chi connectivity index (χ3v) is 15.1. The van der Waals surface area contributed by atoms with Crippen molar-refractivity contribution in [2.45, 2.75) is 112 Å². The Kier molecular flexibility index (Phi) is 57.4. The molecular formula is C60H59BBrCl2F28IMgN4NaO10P2. The Morgan fingerprint density at radius 3 is 1.09 bits per heavy atom. The van der Waals surface area contributed by atoms with Crippen molar-refractivity contribution in [1.82, 2.24) is 20.6 Å². The number of benzene rings is 6. The zero-order chi connectivity index (χ0) is 80.9. The topological polar surface area (TPSA) is 222 Å². The van der Waals surface area contributed by atoms with Gasteiger partial charge in [-0.25, -0.2) is 4.79 Å². The number of aromatic nitrogens is 4. The number of halogens is 32. The van der Waals surface area contributed by atoms with Crippen LogP contribution >= 0.6 is 59.9 Å². The Morgan fingerprint density at radius 2 is 0.838 bits per heavy atom. The number of alkyl halides is 28. The standard InChI is InChI=1S/C16H12F7O3P.C10H7F7O.C10H5F7O.C6H5Cl2OP.C6H5.C4HF7O2.C4H8O.CH2N4.CH4O.2CH4.B.BrH.HI.Mg.Na.H/c17-14(18,15(19,20)16(21,22)23)13(11-7-3-1-4-8-11)26-27(24,25)12-9-5-2-6-10-12;2*11-8(12,9(13,14)10(15,16)17)7(18)6-4-2-1-3-5-6;7-10(8,9)6-4-2-1-3-5-6;1-2-4-6-5-3-1;5-2(6,1(12)13)3(7,8)4(9,10)11;2*1-2-4-5-3-1;1-2;;;;;;;;/h1-10,13H,(H,24,25);1-5,7,18H;1-5H;1-5H;1-5H;(H,12,13);1-4H2;1H,(H,2,3,4,5);2H,1H3;2*1H4;;2*1H;;;/q;;;;-1;;;;;;;;;;+2;+1;-1/p-1. The third kappa shape index (κ3) is 36.2. The Bertz CT molecular complexity index is 3650. The number of aliphatic carboxylic acids is 1. The molecule has 0 bridgehead atoms. The second-order valence-electron chi connectivity index (χ2n) is 19.0. The van der Waals surface area contributed by atoms with Crippen molar-refractivity contribution in [3.63, 3.8) is 0 Å². The van der Waals surface area contributed by atoms with Crippen LogP contribution in [0.15, 0.2) is 188 Å². The summed E-state index contributed by atoms with van der Waals surface area (Å²) in [6.07, 6.45) is -28.9. The first-order valence-corrected chi connectivity index (χ1v) is 32.1. The summed E-state index contributed by atoms with van der Waals surface area (Å²) in [5.41, 5.74) is -2.48. The van der Waals surface area contributed by atoms with Crippen molar-refractivity contribution in [1.29, 1.82) is 0 Å². The van der Waals surface area contributed by atoms with Crippen molar-refractivity contribution in [2.75, 3.05) is 20.3 Å². The number of rotatable bonds is 15. The number of hydrogen-bond acceptors (Lipinski definition) is 11. The molecule has 14 nitrogen and oxygen atoms in total. The summed E-state index contributed by atoms with van der Waals surface area (Å²) in [7, 11) is -4.17. The van der Waals surface area contributed by atoms with Crippen LogP contribution in [0.2, 0.25) is 0 Å². The molecule has 3 unspecified atom stereocenters. The Hall–Kier alpha value is -4.55. The van der Waals surface area contributed by atoms with Crippen LogP contribution in [0.3, 0.4) is 0 Å². The summed E-state index contributed by atoms with van der Waals surface area (Å²) in [4.78, 5) is 30.3. The van der Waals surface area contributed by atoms with Crippen LogP contribution in [0.4, 0.5) is 123 Å². The van der Waals surface area contributed by atoms with Crippen LogP contribution in [0, 0.1) is 6.07 Å². The van der Waals surface area contributed by atoms with Gasteiger partial charge in [-0.1, -0.05) is 147 Å². The molecule has 3 atom stereocenters. The fraction of sp³-hybridized carbons (Fsp3) is 0.350. The van der Waals surface area contributed by atoms with Crippen LogP contribution in [0.5, 0.6) is 0 Å². The molecule has 51 heteroatoms. The second-order valence-corrected chi connectivity index (χ2v) is 25.6. The zero-order valence-corrected chi connectivity index (χ0v) is 64.9. The van der Waals surface area contributed by atoms with E-state index in [0.29, 0.717) is 5.30 Å². The minimum atomic E-state index is -6.61. The van der Waals surface area contributed by atoms with E-state index in [1.807, 2.05) is 36.4 Å². The van der Waals surface area contributed by atoms with Crippen LogP contribution in [-0.4, -0.2) is 176 Å². The fourth-order valence-electron chi connectivity index (χ4n) is 6.33. The van der Waals surface area contributed by atoms with Crippen molar-refractivity contribution >= 4 is 114 Å². The van der Waals surface area contributed by atoms with E-state index in [1.165, 1.54) is 55.6 Å². The number of H-pyrrole nitrogens is 1. The Labute approximate surface area is 691 Å². The van der Waals surface area contributed by atoms with E-state index in [0.717, 1.165) is 105 Å². The number of ether oxygens (including phenoxy) is 1. The van der Waals surface area contributed by atoms with Gasteiger partial charge in [-0.2, -0.15) is 165 Å². The number of hydrogen-bond donors (Lipinski definition) is 5. The fourth-order valence-corrected chi connectivity index (χ4v) is 8.74. The number of aliphatic hydroxyl groups excluding tert-OH is 2. The molecule has 1 aliphatic rings. The third-order valence-electron chi connectivity index (χ3n) is 11.6. The largest absolute Gasteiger partial charge is 2.00 e. The molecule has 619 valence electrons. The number of ketones is 1. The van der Waals surface area contributed by atoms with E-state index < -0.39 is 131 Å². The number of aliphatic hydroxyl groups is 2. The number of carboxylic acids is 1. The number of tetrazole rings is 1. The van der Waals surface area contributed by atoms with Gasteiger partial charge >= 0.3 is 138 Å². The normalized spacial score (nSPS) is 13.4. The molecule has 8 rings (SSSR count). The predicted octanol–water partition coefficient (Wildman–Crippen LogP) is 13.6. The second kappa shape index (κ2) is 52.2. The molecule has 1 aromatic heterocycles. The summed E-state index contributed by atoms with van der Waals surface area (Å²) in [6, 6.07) is 42.1. The maximum absolute atomic E-state index is 14.3. The van der Waals surface area contributed by atoms with Gasteiger partial charge in [0.05, 0.1) is 5.30 Å². The molecule has 1 saturated heterocycles. The summed E-state index contributed by atoms with van der Waals surface area (Å²) in [5, 5.41) is 35.5. The molecule has 0 spiro atoms. The number of aromatic amines is 1. The van der Waals surface area contributed by atoms with Crippen molar-refractivity contribution in [3.05, 3.63) is 211 Å². The van der Waals surface area contributed by atoms with Crippen LogP contribution in [0.1, 0.15) is 62.8 Å². The summed E-state index contributed by atoms with van der Waals surface area (Å²) >= 11 is 10.8. The van der Waals surface area contributed by atoms with Crippen molar-refractivity contribution in [3.8, 4) is 0 Å². The summed E-state index contributed by atoms with van der Waals surface area (Å²) in [6.45, 7) is 2.00. The molecule has 0 aliphatic carbocycles. The molecule has 5 N–H and O–H groups in total. The number of carbonyl (C=O) groups is 2. The molecule has 1 aliphatic heterocycles. The molecule has 0 amide bonds. The Morgan fingerprint density at radius 1 is 0.523 bits per heavy atom. The smallest absolute Gasteiger partial charge is 1.00 e. The first-order chi connectivity index (χ1) is 47.4. The number of nitrogens with one attached hydrogen (secondary N) is 1. The van der Waals surface area contributed by atoms with Gasteiger partial charge in [0.1, 0.15) is 6.10 Å². The molecule has 7 aromatic rings. The number of carbonyl (C=O) groups excluding carboxylic acids is 1. The molecule has 0 saturated carbocycles. The minimum Gasteiger partial charge on any atom is -1.00 e. The van der Waals surface area contributed by atoms with E-state index in [9.17, 15) is 147 Å². The van der Waals surface area contributed by atoms with E-state index in [1.54, 1.807) is 24.3 Å². The van der Waals surface area contributed by atoms with E-state index in [-0.39, 0.29) is 118 Å². The van der Waals surface area contributed by atoms with Crippen LogP contribution in [0.25, 0.3) is 0 Å². The monoisotopic (exact) mass is 1920 g/mol. The van der Waals surface area contributed by atoms with Gasteiger partial charge in [0.15, 0.2) is 12.4 Å². The number of carboxylic acid groups (broad SMARTS) is 1. The van der Waals surface area contributed by atoms with Gasteiger partial charge in [0.25, 0.3) is 5.85 Å². The molecular weight excluding hydrogens is 1870 g/mol. The van der Waals surface area contributed by atoms with Crippen LogP contribution < -0.4 is 57.1 Å². The predicted molar refractivity (Wildman–Crippen MR) is 354 cm³/mol. The summed E-state index contributed by atoms with van der Waals surface area (Å²) < 4.78 is 380. The summed E-state index contributed by atoms with van der Waals surface area (Å²) in [5.74, 6) is -58.6. The van der Waals surface area contributed by atoms with E-state index in [4.69, 9.17) is 42.5 Å². The van der Waals surface area contributed by atoms with Gasteiger partial charge in [-0.05, 0) is 70.7 Å². The average molecular weight is 1930 g/mol. The Balaban J connectivity index is -0.000000161. The average Bonchev–Trinajstić information content (AvgIpc) is 0.931. The van der Waals surface area contributed by atoms with Crippen molar-refractivity contribution in [2.24, 2.45) is 0 Å². The first kappa shape index (κ1) is 122. The maximum atomic E-state index is 14.3. The maximum Gasteiger partial charge on any atom is 2.00 e. The molecule has 1 fully saturated rings. The number of nitrogens with zero attached hydrogens (tertiary/aromatic N) is 3. The van der Waals surface area contributed by atoms with Gasteiger partial charge in [-0.3, -0.25) is 18.4 Å². The first-order valence-electron chi connectivity index (χ1n) is 27.0. The van der Waals surface area contributed by atoms with Gasteiger partial charge < -0.3 is 43.4 Å². The zero-order valence-electron chi connectivity index (χ0n) is 55.3. The molecule has 3 radical (unpaired) electrons. The van der Waals surface area contributed by atoms with Gasteiger partial charge in [0.2, 0.25) is 5.78 Å². The van der Waals surface area contributed by atoms with E-state index >= 15 is 0 Å². The molecule has 6 aromatic carbocycles. The van der Waals surface area contributed by atoms with E-state index in [2.05, 4.69) is 31.2 Å². The van der Waals surface area contributed by atoms with Crippen molar-refractivity contribution < 1.29 is 219 Å². The molecule has 111 heavy (non-hydrogen) atoms.